The molecular formula is C20H25N. The Morgan fingerprint density at radius 2 is 1.76 bits per heavy atom. The maximum Gasteiger partial charge on any atom is 0.0347 e. The first kappa shape index (κ1) is 15.4. The van der Waals surface area contributed by atoms with E-state index in [0.717, 1.165) is 17.7 Å². The summed E-state index contributed by atoms with van der Waals surface area (Å²) in [6.07, 6.45) is 3.15. The molecule has 0 heterocycles. The van der Waals surface area contributed by atoms with Gasteiger partial charge in [0, 0.05) is 5.70 Å². The summed E-state index contributed by atoms with van der Waals surface area (Å²) in [5, 5.41) is 0. The fraction of sp³-hybridized carbons (Fsp3) is 0.300. The molecule has 0 aliphatic heterocycles. The Labute approximate surface area is 128 Å². The third kappa shape index (κ3) is 4.22. The number of rotatable bonds is 5. The SMILES string of the molecule is Cc1cccc(C(C)[C@H](C)C/C=C(/N)c2ccccc2)c1. The predicted octanol–water partition coefficient (Wildman–Crippen LogP) is 5.12. The molecule has 1 heteroatoms. The van der Waals surface area contributed by atoms with E-state index in [-0.39, 0.29) is 0 Å². The summed E-state index contributed by atoms with van der Waals surface area (Å²) >= 11 is 0. The highest BCUT2D eigenvalue weighted by Crippen LogP contribution is 2.28. The number of hydrogen-bond acceptors (Lipinski definition) is 1. The molecule has 21 heavy (non-hydrogen) atoms. The van der Waals surface area contributed by atoms with Crippen LogP contribution in [0.1, 0.15) is 42.9 Å². The van der Waals surface area contributed by atoms with Crippen LogP contribution in [0, 0.1) is 12.8 Å². The molecule has 0 amide bonds. The van der Waals surface area contributed by atoms with Crippen LogP contribution in [-0.4, -0.2) is 0 Å². The number of nitrogens with two attached hydrogens (primary N) is 1. The van der Waals surface area contributed by atoms with Crippen molar-refractivity contribution in [3.63, 3.8) is 0 Å². The highest BCUT2D eigenvalue weighted by molar-refractivity contribution is 5.62. The van der Waals surface area contributed by atoms with Gasteiger partial charge in [0.2, 0.25) is 0 Å². The largest absolute Gasteiger partial charge is 0.399 e. The first-order valence-electron chi connectivity index (χ1n) is 7.65. The molecule has 1 unspecified atom stereocenters. The molecule has 0 aromatic heterocycles. The maximum absolute atomic E-state index is 6.17. The van der Waals surface area contributed by atoms with Gasteiger partial charge in [-0.25, -0.2) is 0 Å². The van der Waals surface area contributed by atoms with Crippen LogP contribution in [0.4, 0.5) is 0 Å². The van der Waals surface area contributed by atoms with Crippen LogP contribution in [0.5, 0.6) is 0 Å². The molecule has 0 saturated heterocycles. The third-order valence-electron chi connectivity index (χ3n) is 4.24. The van der Waals surface area contributed by atoms with Crippen LogP contribution in [0.25, 0.3) is 5.70 Å². The summed E-state index contributed by atoms with van der Waals surface area (Å²) in [6.45, 7) is 6.74. The Morgan fingerprint density at radius 1 is 1.05 bits per heavy atom. The molecule has 2 aromatic carbocycles. The first-order valence-corrected chi connectivity index (χ1v) is 7.65. The van der Waals surface area contributed by atoms with E-state index in [1.807, 2.05) is 18.2 Å². The van der Waals surface area contributed by atoms with Gasteiger partial charge in [0.25, 0.3) is 0 Å². The van der Waals surface area contributed by atoms with Gasteiger partial charge in [-0.05, 0) is 36.3 Å². The van der Waals surface area contributed by atoms with Gasteiger partial charge in [0.05, 0.1) is 0 Å². The molecule has 0 aliphatic rings. The van der Waals surface area contributed by atoms with E-state index in [4.69, 9.17) is 5.73 Å². The number of aryl methyl sites for hydroxylation is 1. The van der Waals surface area contributed by atoms with Gasteiger partial charge in [0.1, 0.15) is 0 Å². The molecule has 0 bridgehead atoms. The molecule has 1 nitrogen and oxygen atoms in total. The van der Waals surface area contributed by atoms with Crippen LogP contribution >= 0.6 is 0 Å². The molecule has 2 aromatic rings. The second-order valence-corrected chi connectivity index (χ2v) is 5.94. The lowest BCUT2D eigenvalue weighted by Crippen LogP contribution is -2.07. The van der Waals surface area contributed by atoms with Crippen molar-refractivity contribution in [2.24, 2.45) is 11.7 Å². The van der Waals surface area contributed by atoms with Crippen LogP contribution in [0.15, 0.2) is 60.7 Å². The number of hydrogen-bond donors (Lipinski definition) is 1. The molecular weight excluding hydrogens is 254 g/mol. The van der Waals surface area contributed by atoms with E-state index in [9.17, 15) is 0 Å². The molecule has 2 atom stereocenters. The maximum atomic E-state index is 6.17. The van der Waals surface area contributed by atoms with Crippen molar-refractivity contribution < 1.29 is 0 Å². The highest BCUT2D eigenvalue weighted by Gasteiger charge is 2.13. The fourth-order valence-electron chi connectivity index (χ4n) is 2.55. The average molecular weight is 279 g/mol. The summed E-state index contributed by atoms with van der Waals surface area (Å²) in [6, 6.07) is 19.0. The summed E-state index contributed by atoms with van der Waals surface area (Å²) in [5.74, 6) is 1.10. The second kappa shape index (κ2) is 7.12. The van der Waals surface area contributed by atoms with Crippen LogP contribution in [-0.2, 0) is 0 Å². The second-order valence-electron chi connectivity index (χ2n) is 5.94. The standard InChI is InChI=1S/C20H25N/c1-15-8-7-11-19(14-15)17(3)16(2)12-13-20(21)18-9-5-4-6-10-18/h4-11,13-14,16-17H,12,21H2,1-3H3/b20-13+/t16-,17?/m1/s1. The van der Waals surface area contributed by atoms with Crippen LogP contribution < -0.4 is 5.73 Å². The molecule has 0 saturated carbocycles. The monoisotopic (exact) mass is 279 g/mol. The predicted molar refractivity (Wildman–Crippen MR) is 92.0 cm³/mol. The van der Waals surface area contributed by atoms with Gasteiger partial charge >= 0.3 is 0 Å². The van der Waals surface area contributed by atoms with E-state index in [2.05, 4.69) is 63.2 Å². The van der Waals surface area contributed by atoms with Crippen molar-refractivity contribution in [1.82, 2.24) is 0 Å². The van der Waals surface area contributed by atoms with E-state index < -0.39 is 0 Å². The zero-order valence-corrected chi connectivity index (χ0v) is 13.2. The van der Waals surface area contributed by atoms with E-state index in [1.165, 1.54) is 11.1 Å². The van der Waals surface area contributed by atoms with Gasteiger partial charge in [-0.2, -0.15) is 0 Å². The van der Waals surface area contributed by atoms with E-state index in [1.54, 1.807) is 0 Å². The topological polar surface area (TPSA) is 26.0 Å². The minimum absolute atomic E-state index is 0.532. The van der Waals surface area contributed by atoms with Gasteiger partial charge < -0.3 is 5.73 Å². The van der Waals surface area contributed by atoms with Gasteiger partial charge in [-0.15, -0.1) is 0 Å². The van der Waals surface area contributed by atoms with E-state index >= 15 is 0 Å². The van der Waals surface area contributed by atoms with Crippen LogP contribution in [0.2, 0.25) is 0 Å². The lowest BCUT2D eigenvalue weighted by molar-refractivity contribution is 0.494. The molecule has 0 spiro atoms. The van der Waals surface area contributed by atoms with Crippen molar-refractivity contribution in [3.05, 3.63) is 77.4 Å². The fourth-order valence-corrected chi connectivity index (χ4v) is 2.55. The Hall–Kier alpha value is -2.02. The average Bonchev–Trinajstić information content (AvgIpc) is 2.52. The quantitative estimate of drug-likeness (QED) is 0.807. The molecule has 0 fully saturated rings. The third-order valence-corrected chi connectivity index (χ3v) is 4.24. The van der Waals surface area contributed by atoms with Gasteiger partial charge in [0.15, 0.2) is 0 Å². The smallest absolute Gasteiger partial charge is 0.0347 e. The van der Waals surface area contributed by atoms with Crippen LogP contribution in [0.3, 0.4) is 0 Å². The zero-order chi connectivity index (χ0) is 15.2. The molecule has 110 valence electrons. The Balaban J connectivity index is 2.03. The summed E-state index contributed by atoms with van der Waals surface area (Å²) in [4.78, 5) is 0. The van der Waals surface area contributed by atoms with Gasteiger partial charge in [-0.1, -0.05) is 80.1 Å². The normalized spacial score (nSPS) is 14.7. The first-order chi connectivity index (χ1) is 10.1. The zero-order valence-electron chi connectivity index (χ0n) is 13.2. The summed E-state index contributed by atoms with van der Waals surface area (Å²) in [7, 11) is 0. The lowest BCUT2D eigenvalue weighted by Gasteiger charge is -2.19. The van der Waals surface area contributed by atoms with Crippen molar-refractivity contribution in [2.75, 3.05) is 0 Å². The number of allylic oxidation sites excluding steroid dienone is 1. The molecule has 2 rings (SSSR count). The summed E-state index contributed by atoms with van der Waals surface area (Å²) < 4.78 is 0. The highest BCUT2D eigenvalue weighted by atomic mass is 14.6. The molecule has 0 aliphatic carbocycles. The number of benzene rings is 2. The van der Waals surface area contributed by atoms with Crippen molar-refractivity contribution >= 4 is 5.70 Å². The Bertz CT molecular complexity index is 598. The van der Waals surface area contributed by atoms with E-state index in [0.29, 0.717) is 11.8 Å². The van der Waals surface area contributed by atoms with Crippen molar-refractivity contribution in [3.8, 4) is 0 Å². The Morgan fingerprint density at radius 3 is 2.43 bits per heavy atom. The van der Waals surface area contributed by atoms with Gasteiger partial charge in [-0.3, -0.25) is 0 Å². The minimum atomic E-state index is 0.532. The minimum Gasteiger partial charge on any atom is -0.399 e. The molecule has 0 radical (unpaired) electrons. The lowest BCUT2D eigenvalue weighted by atomic mass is 9.86. The molecule has 2 N–H and O–H groups in total. The van der Waals surface area contributed by atoms with Crippen molar-refractivity contribution in [1.29, 1.82) is 0 Å². The van der Waals surface area contributed by atoms with Crippen molar-refractivity contribution in [2.45, 2.75) is 33.1 Å². The Kier molecular flexibility index (Phi) is 5.21. The summed E-state index contributed by atoms with van der Waals surface area (Å²) in [5.41, 5.74) is 10.9.